The molecule has 1 saturated heterocycles. The number of nitrogens with zero attached hydrogens (tertiary/aromatic N) is 1. The van der Waals surface area contributed by atoms with Crippen LogP contribution in [0.2, 0.25) is 0 Å². The smallest absolute Gasteiger partial charge is 0.330 e. The van der Waals surface area contributed by atoms with Crippen molar-refractivity contribution in [1.82, 2.24) is 5.06 Å². The molecule has 0 radical (unpaired) electrons. The molecule has 1 N–H and O–H groups in total. The van der Waals surface area contributed by atoms with E-state index in [-0.39, 0.29) is 11.5 Å². The third kappa shape index (κ3) is 5.09. The van der Waals surface area contributed by atoms with E-state index in [4.69, 9.17) is 4.55 Å². The van der Waals surface area contributed by atoms with E-state index in [1.54, 1.807) is 0 Å². The minimum absolute atomic E-state index is 0.0390. The number of carbonyl (C=O) groups excluding carboxylic acids is 3. The van der Waals surface area contributed by atoms with Crippen molar-refractivity contribution in [3.05, 3.63) is 0 Å². The number of carbonyl (C=O) groups is 3. The highest BCUT2D eigenvalue weighted by Gasteiger charge is 2.48. The van der Waals surface area contributed by atoms with E-state index < -0.39 is 39.6 Å². The van der Waals surface area contributed by atoms with Crippen LogP contribution < -0.4 is 0 Å². The van der Waals surface area contributed by atoms with Crippen molar-refractivity contribution in [1.29, 1.82) is 0 Å². The normalized spacial score (nSPS) is 19.1. The van der Waals surface area contributed by atoms with Crippen molar-refractivity contribution in [3.8, 4) is 0 Å². The van der Waals surface area contributed by atoms with Crippen molar-refractivity contribution in [2.75, 3.05) is 0 Å². The molecular weight excluding hydrogens is 302 g/mol. The highest BCUT2D eigenvalue weighted by atomic mass is 32.2. The minimum Gasteiger partial charge on any atom is -0.330 e. The largest absolute Gasteiger partial charge is 0.333 e. The number of hydrogen-bond acceptors (Lipinski definition) is 6. The monoisotopic (exact) mass is 321 g/mol. The Morgan fingerprint density at radius 3 is 2.43 bits per heavy atom. The second-order valence-electron chi connectivity index (χ2n) is 4.86. The summed E-state index contributed by atoms with van der Waals surface area (Å²) in [7, 11) is -4.68. The van der Waals surface area contributed by atoms with Crippen molar-refractivity contribution < 1.29 is 32.2 Å². The predicted octanol–water partition coefficient (Wildman–Crippen LogP) is 0.820. The summed E-state index contributed by atoms with van der Waals surface area (Å²) in [5, 5.41) is -1.75. The molecule has 0 aliphatic carbocycles. The summed E-state index contributed by atoms with van der Waals surface area (Å²) in [5.74, 6) is -2.96. The molecule has 9 heteroatoms. The van der Waals surface area contributed by atoms with E-state index in [9.17, 15) is 22.8 Å². The maximum atomic E-state index is 11.6. The van der Waals surface area contributed by atoms with Gasteiger partial charge in [-0.3, -0.25) is 14.1 Å². The number of amides is 2. The van der Waals surface area contributed by atoms with E-state index >= 15 is 0 Å². The van der Waals surface area contributed by atoms with Gasteiger partial charge in [-0.1, -0.05) is 32.6 Å². The molecule has 8 nitrogen and oxygen atoms in total. The summed E-state index contributed by atoms with van der Waals surface area (Å²) in [6.45, 7) is 2.06. The number of unbranched alkanes of at least 4 members (excludes halogenated alkanes) is 4. The first-order valence-corrected chi connectivity index (χ1v) is 8.31. The highest BCUT2D eigenvalue weighted by molar-refractivity contribution is 7.87. The summed E-state index contributed by atoms with van der Waals surface area (Å²) in [6.07, 6.45) is 3.83. The fraction of sp³-hybridized carbons (Fsp3) is 0.750. The van der Waals surface area contributed by atoms with Gasteiger partial charge in [0, 0.05) is 6.42 Å². The van der Waals surface area contributed by atoms with Crippen molar-refractivity contribution in [3.63, 3.8) is 0 Å². The van der Waals surface area contributed by atoms with Gasteiger partial charge in [0.1, 0.15) is 0 Å². The third-order valence-corrected chi connectivity index (χ3v) is 4.19. The Labute approximate surface area is 123 Å². The molecule has 1 aliphatic heterocycles. The summed E-state index contributed by atoms with van der Waals surface area (Å²) in [4.78, 5) is 39.1. The molecule has 2 amide bonds. The van der Waals surface area contributed by atoms with Crippen LogP contribution >= 0.6 is 0 Å². The molecule has 0 bridgehead atoms. The zero-order chi connectivity index (χ0) is 16.0. The average Bonchev–Trinajstić information content (AvgIpc) is 2.66. The van der Waals surface area contributed by atoms with Gasteiger partial charge in [-0.25, -0.2) is 4.79 Å². The molecule has 0 spiro atoms. The maximum Gasteiger partial charge on any atom is 0.333 e. The Balaban J connectivity index is 2.46. The van der Waals surface area contributed by atoms with Gasteiger partial charge < -0.3 is 4.84 Å². The fourth-order valence-corrected chi connectivity index (χ4v) is 2.64. The molecule has 1 atom stereocenters. The molecule has 1 rings (SSSR count). The lowest BCUT2D eigenvalue weighted by atomic mass is 10.1. The Kier molecular flexibility index (Phi) is 6.28. The van der Waals surface area contributed by atoms with Gasteiger partial charge >= 0.3 is 5.97 Å². The molecule has 21 heavy (non-hydrogen) atoms. The Hall–Kier alpha value is -1.48. The first kappa shape index (κ1) is 17.6. The van der Waals surface area contributed by atoms with E-state index in [1.807, 2.05) is 0 Å². The van der Waals surface area contributed by atoms with Gasteiger partial charge in [0.2, 0.25) is 0 Å². The van der Waals surface area contributed by atoms with E-state index in [2.05, 4.69) is 11.8 Å². The van der Waals surface area contributed by atoms with Crippen LogP contribution in [0, 0.1) is 0 Å². The van der Waals surface area contributed by atoms with Gasteiger partial charge in [0.25, 0.3) is 21.9 Å². The van der Waals surface area contributed by atoms with E-state index in [0.29, 0.717) is 6.42 Å². The molecule has 0 aromatic rings. The lowest BCUT2D eigenvalue weighted by Crippen LogP contribution is -2.36. The highest BCUT2D eigenvalue weighted by Crippen LogP contribution is 2.20. The lowest BCUT2D eigenvalue weighted by Gasteiger charge is -2.13. The molecular formula is C12H19NO7S. The van der Waals surface area contributed by atoms with Gasteiger partial charge in [-0.05, 0) is 6.42 Å². The first-order valence-electron chi connectivity index (χ1n) is 6.81. The van der Waals surface area contributed by atoms with Gasteiger partial charge in [-0.2, -0.15) is 8.42 Å². The summed E-state index contributed by atoms with van der Waals surface area (Å²) in [6, 6.07) is 0. The fourth-order valence-electron chi connectivity index (χ4n) is 1.93. The van der Waals surface area contributed by atoms with Crippen LogP contribution in [0.5, 0.6) is 0 Å². The number of hydroxylamine groups is 2. The van der Waals surface area contributed by atoms with Crippen molar-refractivity contribution in [2.45, 2.75) is 57.1 Å². The van der Waals surface area contributed by atoms with Crippen LogP contribution in [0.15, 0.2) is 0 Å². The van der Waals surface area contributed by atoms with Crippen LogP contribution in [0.4, 0.5) is 0 Å². The van der Waals surface area contributed by atoms with Crippen molar-refractivity contribution >= 4 is 27.9 Å². The summed E-state index contributed by atoms with van der Waals surface area (Å²) >= 11 is 0. The van der Waals surface area contributed by atoms with Crippen LogP contribution in [0.3, 0.4) is 0 Å². The Morgan fingerprint density at radius 2 is 1.90 bits per heavy atom. The van der Waals surface area contributed by atoms with Crippen LogP contribution in [0.1, 0.15) is 51.9 Å². The topological polar surface area (TPSA) is 118 Å². The van der Waals surface area contributed by atoms with Crippen LogP contribution in [-0.4, -0.2) is 41.1 Å². The SMILES string of the molecule is CCCCCCCC(=O)ON1C(=O)CC(S(=O)(=O)O)C1=O. The molecule has 1 unspecified atom stereocenters. The van der Waals surface area contributed by atoms with Crippen LogP contribution in [-0.2, 0) is 29.3 Å². The van der Waals surface area contributed by atoms with Crippen molar-refractivity contribution in [2.24, 2.45) is 0 Å². The second-order valence-corrected chi connectivity index (χ2v) is 6.46. The molecule has 0 aromatic carbocycles. The number of rotatable bonds is 8. The van der Waals surface area contributed by atoms with Gasteiger partial charge in [0.05, 0.1) is 6.42 Å². The Bertz CT molecular complexity index is 514. The lowest BCUT2D eigenvalue weighted by molar-refractivity contribution is -0.197. The molecule has 1 heterocycles. The predicted molar refractivity (Wildman–Crippen MR) is 71.3 cm³/mol. The molecule has 1 fully saturated rings. The number of imide groups is 1. The average molecular weight is 321 g/mol. The summed E-state index contributed by atoms with van der Waals surface area (Å²) < 4.78 is 30.6. The second kappa shape index (κ2) is 7.51. The Morgan fingerprint density at radius 1 is 1.29 bits per heavy atom. The standard InChI is InChI=1S/C12H19NO7S/c1-2-3-4-5-6-7-11(15)20-13-10(14)8-9(12(13)16)21(17,18)19/h9H,2-8H2,1H3,(H,17,18,19). The van der Waals surface area contributed by atoms with Gasteiger partial charge in [0.15, 0.2) is 5.25 Å². The van der Waals surface area contributed by atoms with Gasteiger partial charge in [-0.15, -0.1) is 5.06 Å². The zero-order valence-corrected chi connectivity index (χ0v) is 12.6. The molecule has 0 saturated carbocycles. The quantitative estimate of drug-likeness (QED) is 0.399. The first-order chi connectivity index (χ1) is 9.77. The molecule has 1 aliphatic rings. The summed E-state index contributed by atoms with van der Waals surface area (Å²) in [5.41, 5.74) is 0. The van der Waals surface area contributed by atoms with Crippen LogP contribution in [0.25, 0.3) is 0 Å². The zero-order valence-electron chi connectivity index (χ0n) is 11.8. The molecule has 120 valence electrons. The maximum absolute atomic E-state index is 11.6. The minimum atomic E-state index is -4.68. The number of hydrogen-bond donors (Lipinski definition) is 1. The molecule has 0 aromatic heterocycles. The third-order valence-electron chi connectivity index (χ3n) is 3.10. The van der Waals surface area contributed by atoms with E-state index in [0.717, 1.165) is 25.7 Å². The van der Waals surface area contributed by atoms with E-state index in [1.165, 1.54) is 0 Å².